The lowest BCUT2D eigenvalue weighted by atomic mass is 9.94. The van der Waals surface area contributed by atoms with Gasteiger partial charge in [0.05, 0.1) is 0 Å². The number of benzene rings is 1. The first-order valence-corrected chi connectivity index (χ1v) is 4.78. The second-order valence-corrected chi connectivity index (χ2v) is 4.47. The molecule has 5 nitrogen and oxygen atoms in total. The van der Waals surface area contributed by atoms with E-state index in [1.807, 2.05) is 0 Å². The molecule has 0 spiro atoms. The van der Waals surface area contributed by atoms with Crippen LogP contribution in [0.1, 0.15) is 29.8 Å². The molecule has 0 aromatic heterocycles. The smallest absolute Gasteiger partial charge is 0.339 e. The van der Waals surface area contributed by atoms with Crippen molar-refractivity contribution in [2.75, 3.05) is 0 Å². The van der Waals surface area contributed by atoms with E-state index in [9.17, 15) is 15.0 Å². The van der Waals surface area contributed by atoms with Crippen molar-refractivity contribution in [2.24, 2.45) is 5.73 Å². The fraction of sp³-hybridized carbons (Fsp3) is 0.364. The molecule has 0 aliphatic rings. The molecule has 0 fully saturated rings. The minimum absolute atomic E-state index is 0.152. The van der Waals surface area contributed by atoms with Crippen molar-refractivity contribution in [3.63, 3.8) is 0 Å². The average Bonchev–Trinajstić information content (AvgIpc) is 2.07. The van der Waals surface area contributed by atoms with E-state index in [1.165, 1.54) is 6.07 Å². The van der Waals surface area contributed by atoms with E-state index in [4.69, 9.17) is 10.8 Å². The fourth-order valence-corrected chi connectivity index (χ4v) is 1.43. The van der Waals surface area contributed by atoms with Crippen molar-refractivity contribution >= 4 is 5.97 Å². The van der Waals surface area contributed by atoms with Crippen molar-refractivity contribution in [3.8, 4) is 11.5 Å². The van der Waals surface area contributed by atoms with Crippen LogP contribution >= 0.6 is 0 Å². The van der Waals surface area contributed by atoms with Gasteiger partial charge in [0.2, 0.25) is 0 Å². The number of nitrogens with two attached hydrogens (primary N) is 1. The minimum Gasteiger partial charge on any atom is -0.508 e. The molecule has 1 aromatic carbocycles. The first kappa shape index (κ1) is 12.3. The maximum absolute atomic E-state index is 10.8. The molecule has 88 valence electrons. The molecule has 1 aromatic rings. The fourth-order valence-electron chi connectivity index (χ4n) is 1.43. The van der Waals surface area contributed by atoms with Crippen molar-refractivity contribution < 1.29 is 20.1 Å². The van der Waals surface area contributed by atoms with E-state index in [1.54, 1.807) is 13.8 Å². The normalized spacial score (nSPS) is 11.4. The third-order valence-corrected chi connectivity index (χ3v) is 2.07. The number of carboxylic acids is 1. The molecule has 0 saturated heterocycles. The number of aromatic carboxylic acids is 1. The quantitative estimate of drug-likeness (QED) is 0.616. The summed E-state index contributed by atoms with van der Waals surface area (Å²) in [6, 6.07) is 2.26. The SMILES string of the molecule is CC(C)(N)Cc1cc(C(=O)O)c(O)cc1O. The lowest BCUT2D eigenvalue weighted by molar-refractivity contribution is 0.0693. The van der Waals surface area contributed by atoms with E-state index < -0.39 is 17.3 Å². The Bertz CT molecular complexity index is 421. The van der Waals surface area contributed by atoms with Gasteiger partial charge in [0, 0.05) is 11.6 Å². The Labute approximate surface area is 93.1 Å². The Morgan fingerprint density at radius 3 is 2.31 bits per heavy atom. The van der Waals surface area contributed by atoms with Crippen LogP contribution in [-0.4, -0.2) is 26.8 Å². The molecule has 5 heteroatoms. The Morgan fingerprint density at radius 1 is 1.31 bits per heavy atom. The number of hydrogen-bond acceptors (Lipinski definition) is 4. The Hall–Kier alpha value is -1.75. The van der Waals surface area contributed by atoms with E-state index >= 15 is 0 Å². The average molecular weight is 225 g/mol. The molecule has 0 radical (unpaired) electrons. The predicted octanol–water partition coefficient (Wildman–Crippen LogP) is 1.08. The van der Waals surface area contributed by atoms with Gasteiger partial charge < -0.3 is 21.1 Å². The third kappa shape index (κ3) is 2.87. The first-order chi connectivity index (χ1) is 7.20. The van der Waals surface area contributed by atoms with Gasteiger partial charge in [-0.2, -0.15) is 0 Å². The maximum Gasteiger partial charge on any atom is 0.339 e. The minimum atomic E-state index is -1.24. The molecule has 0 aliphatic carbocycles. The summed E-state index contributed by atoms with van der Waals surface area (Å²) in [5.41, 5.74) is 5.38. The van der Waals surface area contributed by atoms with E-state index in [0.717, 1.165) is 6.07 Å². The molecule has 0 bridgehead atoms. The van der Waals surface area contributed by atoms with Crippen LogP contribution in [-0.2, 0) is 6.42 Å². The summed E-state index contributed by atoms with van der Waals surface area (Å²) in [5, 5.41) is 27.7. The van der Waals surface area contributed by atoms with Crippen LogP contribution in [0, 0.1) is 0 Å². The van der Waals surface area contributed by atoms with E-state index in [0.29, 0.717) is 12.0 Å². The molecule has 0 aliphatic heterocycles. The number of phenols is 2. The van der Waals surface area contributed by atoms with Gasteiger partial charge in [0.1, 0.15) is 17.1 Å². The van der Waals surface area contributed by atoms with Gasteiger partial charge in [-0.3, -0.25) is 0 Å². The van der Waals surface area contributed by atoms with Crippen molar-refractivity contribution in [1.29, 1.82) is 0 Å². The summed E-state index contributed by atoms with van der Waals surface area (Å²) in [6.45, 7) is 3.53. The van der Waals surface area contributed by atoms with Gasteiger partial charge in [-0.05, 0) is 31.9 Å². The maximum atomic E-state index is 10.8. The predicted molar refractivity (Wildman–Crippen MR) is 58.7 cm³/mol. The molecule has 0 atom stereocenters. The number of rotatable bonds is 3. The topological polar surface area (TPSA) is 104 Å². The Balaban J connectivity index is 3.20. The zero-order valence-corrected chi connectivity index (χ0v) is 9.19. The number of carbonyl (C=O) groups is 1. The standard InChI is InChI=1S/C11H15NO4/c1-11(2,12)5-6-3-7(10(15)16)9(14)4-8(6)13/h3-4,13-14H,5,12H2,1-2H3,(H,15,16). The molecule has 0 saturated carbocycles. The Morgan fingerprint density at radius 2 is 1.88 bits per heavy atom. The van der Waals surface area contributed by atoms with Crippen LogP contribution in [0.5, 0.6) is 11.5 Å². The van der Waals surface area contributed by atoms with E-state index in [-0.39, 0.29) is 11.3 Å². The molecule has 0 unspecified atom stereocenters. The van der Waals surface area contributed by atoms with Crippen LogP contribution in [0.25, 0.3) is 0 Å². The second-order valence-electron chi connectivity index (χ2n) is 4.47. The van der Waals surface area contributed by atoms with Crippen molar-refractivity contribution in [1.82, 2.24) is 0 Å². The number of phenolic OH excluding ortho intramolecular Hbond substituents is 1. The molecule has 1 rings (SSSR count). The van der Waals surface area contributed by atoms with E-state index in [2.05, 4.69) is 0 Å². The van der Waals surface area contributed by atoms with Crippen LogP contribution in [0.4, 0.5) is 0 Å². The molecular weight excluding hydrogens is 210 g/mol. The third-order valence-electron chi connectivity index (χ3n) is 2.07. The van der Waals surface area contributed by atoms with Gasteiger partial charge >= 0.3 is 5.97 Å². The van der Waals surface area contributed by atoms with Crippen LogP contribution < -0.4 is 5.73 Å². The monoisotopic (exact) mass is 225 g/mol. The van der Waals surface area contributed by atoms with Gasteiger partial charge in [0.15, 0.2) is 0 Å². The van der Waals surface area contributed by atoms with Gasteiger partial charge in [-0.25, -0.2) is 4.79 Å². The van der Waals surface area contributed by atoms with Gasteiger partial charge in [-0.15, -0.1) is 0 Å². The highest BCUT2D eigenvalue weighted by Crippen LogP contribution is 2.29. The highest BCUT2D eigenvalue weighted by Gasteiger charge is 2.18. The van der Waals surface area contributed by atoms with Crippen molar-refractivity contribution in [3.05, 3.63) is 23.3 Å². The first-order valence-electron chi connectivity index (χ1n) is 4.78. The van der Waals surface area contributed by atoms with Crippen molar-refractivity contribution in [2.45, 2.75) is 25.8 Å². The number of carboxylic acid groups (broad SMARTS) is 1. The Kier molecular flexibility index (Phi) is 3.09. The highest BCUT2D eigenvalue weighted by atomic mass is 16.4. The molecular formula is C11H15NO4. The lowest BCUT2D eigenvalue weighted by Gasteiger charge is -2.19. The summed E-state index contributed by atoms with van der Waals surface area (Å²) in [6.07, 6.45) is 0.319. The van der Waals surface area contributed by atoms with Crippen LogP contribution in [0.15, 0.2) is 12.1 Å². The molecule has 0 amide bonds. The molecule has 16 heavy (non-hydrogen) atoms. The summed E-state index contributed by atoms with van der Waals surface area (Å²) in [4.78, 5) is 10.8. The zero-order valence-electron chi connectivity index (χ0n) is 9.19. The largest absolute Gasteiger partial charge is 0.508 e. The summed E-state index contributed by atoms with van der Waals surface area (Å²) >= 11 is 0. The van der Waals surface area contributed by atoms with Crippen LogP contribution in [0.2, 0.25) is 0 Å². The summed E-state index contributed by atoms with van der Waals surface area (Å²) in [5.74, 6) is -1.85. The molecule has 5 N–H and O–H groups in total. The summed E-state index contributed by atoms with van der Waals surface area (Å²) in [7, 11) is 0. The zero-order chi connectivity index (χ0) is 12.5. The number of aromatic hydroxyl groups is 2. The molecule has 0 heterocycles. The number of hydrogen-bond donors (Lipinski definition) is 4. The summed E-state index contributed by atoms with van der Waals surface area (Å²) < 4.78 is 0. The van der Waals surface area contributed by atoms with Crippen LogP contribution in [0.3, 0.4) is 0 Å². The highest BCUT2D eigenvalue weighted by molar-refractivity contribution is 5.91. The van der Waals surface area contributed by atoms with Gasteiger partial charge in [0.25, 0.3) is 0 Å². The lowest BCUT2D eigenvalue weighted by Crippen LogP contribution is -2.34. The second kappa shape index (κ2) is 4.02. The van der Waals surface area contributed by atoms with Gasteiger partial charge in [-0.1, -0.05) is 0 Å².